The molecule has 1 fully saturated rings. The van der Waals surface area contributed by atoms with Crippen LogP contribution >= 0.6 is 0 Å². The van der Waals surface area contributed by atoms with Crippen LogP contribution in [0.15, 0.2) is 24.3 Å². The Balaban J connectivity index is 2.08. The maximum atomic E-state index is 13.1. The van der Waals surface area contributed by atoms with E-state index in [1.54, 1.807) is 0 Å². The van der Waals surface area contributed by atoms with Gasteiger partial charge >= 0.3 is 0 Å². The van der Waals surface area contributed by atoms with Crippen LogP contribution in [-0.2, 0) is 0 Å². The summed E-state index contributed by atoms with van der Waals surface area (Å²) in [5.41, 5.74) is 7.29. The first-order valence-electron chi connectivity index (χ1n) is 7.98. The zero-order chi connectivity index (χ0) is 15.4. The third-order valence-corrected chi connectivity index (χ3v) is 4.59. The molecule has 21 heavy (non-hydrogen) atoms. The number of rotatable bonds is 6. The van der Waals surface area contributed by atoms with Crippen LogP contribution in [0, 0.1) is 5.82 Å². The highest BCUT2D eigenvalue weighted by Crippen LogP contribution is 2.25. The number of hydrogen-bond acceptors (Lipinski definition) is 3. The van der Waals surface area contributed by atoms with Crippen LogP contribution in [0.25, 0.3) is 0 Å². The minimum absolute atomic E-state index is 0.0111. The Morgan fingerprint density at radius 1 is 1.38 bits per heavy atom. The van der Waals surface area contributed by atoms with Gasteiger partial charge in [0, 0.05) is 24.7 Å². The number of likely N-dealkylation sites (N-methyl/N-ethyl adjacent to an activating group) is 2. The summed E-state index contributed by atoms with van der Waals surface area (Å²) < 4.78 is 13.1. The van der Waals surface area contributed by atoms with Crippen molar-refractivity contribution >= 4 is 0 Å². The zero-order valence-electron chi connectivity index (χ0n) is 13.4. The second kappa shape index (κ2) is 7.34. The number of halogens is 1. The molecular formula is C17H28FN3. The number of nitrogens with zero attached hydrogens (tertiary/aromatic N) is 2. The van der Waals surface area contributed by atoms with Crippen molar-refractivity contribution in [1.82, 2.24) is 9.80 Å². The summed E-state index contributed by atoms with van der Waals surface area (Å²) in [6.45, 7) is 7.57. The molecule has 1 heterocycles. The highest BCUT2D eigenvalue weighted by Gasteiger charge is 2.28. The smallest absolute Gasteiger partial charge is 0.123 e. The molecule has 2 rings (SSSR count). The summed E-state index contributed by atoms with van der Waals surface area (Å²) in [6, 6.07) is 7.50. The van der Waals surface area contributed by atoms with Gasteiger partial charge in [0.15, 0.2) is 0 Å². The molecule has 3 atom stereocenters. The Bertz CT molecular complexity index is 432. The summed E-state index contributed by atoms with van der Waals surface area (Å²) in [4.78, 5) is 4.87. The number of hydrogen-bond donors (Lipinski definition) is 1. The fourth-order valence-corrected chi connectivity index (χ4v) is 3.58. The van der Waals surface area contributed by atoms with E-state index in [2.05, 4.69) is 23.8 Å². The molecule has 1 aliphatic rings. The van der Waals surface area contributed by atoms with Gasteiger partial charge in [-0.2, -0.15) is 0 Å². The van der Waals surface area contributed by atoms with Gasteiger partial charge in [-0.3, -0.25) is 9.80 Å². The SMILES string of the molecule is CCN1CCCC1CN(C)C(c1ccc(F)cc1)C(C)N. The molecule has 0 aromatic heterocycles. The van der Waals surface area contributed by atoms with E-state index in [0.717, 1.165) is 18.7 Å². The van der Waals surface area contributed by atoms with Crippen molar-refractivity contribution in [1.29, 1.82) is 0 Å². The minimum atomic E-state index is -0.197. The van der Waals surface area contributed by atoms with Gasteiger partial charge < -0.3 is 5.73 Å². The summed E-state index contributed by atoms with van der Waals surface area (Å²) in [6.07, 6.45) is 2.54. The zero-order valence-corrected chi connectivity index (χ0v) is 13.4. The number of benzene rings is 1. The van der Waals surface area contributed by atoms with Crippen LogP contribution in [0.5, 0.6) is 0 Å². The van der Waals surface area contributed by atoms with Crippen LogP contribution in [0.1, 0.15) is 38.3 Å². The molecule has 4 heteroatoms. The molecule has 2 N–H and O–H groups in total. The van der Waals surface area contributed by atoms with E-state index in [1.165, 1.54) is 31.5 Å². The van der Waals surface area contributed by atoms with Crippen LogP contribution in [0.2, 0.25) is 0 Å². The maximum Gasteiger partial charge on any atom is 0.123 e. The average Bonchev–Trinajstić information content (AvgIpc) is 2.88. The minimum Gasteiger partial charge on any atom is -0.326 e. The van der Waals surface area contributed by atoms with Gasteiger partial charge in [0.2, 0.25) is 0 Å². The summed E-state index contributed by atoms with van der Waals surface area (Å²) in [5, 5.41) is 0. The van der Waals surface area contributed by atoms with Crippen molar-refractivity contribution in [2.24, 2.45) is 5.73 Å². The van der Waals surface area contributed by atoms with Crippen molar-refractivity contribution < 1.29 is 4.39 Å². The Morgan fingerprint density at radius 2 is 2.05 bits per heavy atom. The van der Waals surface area contributed by atoms with E-state index in [9.17, 15) is 4.39 Å². The van der Waals surface area contributed by atoms with E-state index in [4.69, 9.17) is 5.73 Å². The lowest BCUT2D eigenvalue weighted by molar-refractivity contribution is 0.151. The summed E-state index contributed by atoms with van der Waals surface area (Å²) >= 11 is 0. The molecule has 1 aliphatic heterocycles. The molecule has 1 aromatic carbocycles. The molecule has 0 aliphatic carbocycles. The van der Waals surface area contributed by atoms with E-state index < -0.39 is 0 Å². The van der Waals surface area contributed by atoms with Gasteiger partial charge in [0.05, 0.1) is 0 Å². The Hall–Kier alpha value is -0.970. The fourth-order valence-electron chi connectivity index (χ4n) is 3.58. The molecule has 1 saturated heterocycles. The van der Waals surface area contributed by atoms with Gasteiger partial charge in [-0.15, -0.1) is 0 Å². The lowest BCUT2D eigenvalue weighted by Crippen LogP contribution is -2.44. The van der Waals surface area contributed by atoms with Crippen LogP contribution in [-0.4, -0.2) is 48.6 Å². The van der Waals surface area contributed by atoms with E-state index in [0.29, 0.717) is 6.04 Å². The first-order valence-corrected chi connectivity index (χ1v) is 7.98. The van der Waals surface area contributed by atoms with Crippen LogP contribution < -0.4 is 5.73 Å². The van der Waals surface area contributed by atoms with Crippen molar-refractivity contribution in [2.75, 3.05) is 26.7 Å². The standard InChI is InChI=1S/C17H28FN3/c1-4-21-11-5-6-16(21)12-20(3)17(13(2)19)14-7-9-15(18)10-8-14/h7-10,13,16-17H,4-6,11-12,19H2,1-3H3. The Kier molecular flexibility index (Phi) is 5.73. The Labute approximate surface area is 127 Å². The molecule has 0 bridgehead atoms. The molecule has 0 radical (unpaired) electrons. The second-order valence-electron chi connectivity index (χ2n) is 6.22. The van der Waals surface area contributed by atoms with Crippen LogP contribution in [0.3, 0.4) is 0 Å². The summed E-state index contributed by atoms with van der Waals surface area (Å²) in [5.74, 6) is -0.197. The van der Waals surface area contributed by atoms with Crippen molar-refractivity contribution in [3.8, 4) is 0 Å². The molecule has 3 nitrogen and oxygen atoms in total. The van der Waals surface area contributed by atoms with Gasteiger partial charge in [-0.25, -0.2) is 4.39 Å². The van der Waals surface area contributed by atoms with Gasteiger partial charge in [-0.05, 0) is 57.6 Å². The maximum absolute atomic E-state index is 13.1. The fraction of sp³-hybridized carbons (Fsp3) is 0.647. The molecule has 118 valence electrons. The third kappa shape index (κ3) is 4.02. The number of nitrogens with two attached hydrogens (primary N) is 1. The Morgan fingerprint density at radius 3 is 2.62 bits per heavy atom. The first kappa shape index (κ1) is 16.4. The lowest BCUT2D eigenvalue weighted by atomic mass is 9.99. The van der Waals surface area contributed by atoms with E-state index in [-0.39, 0.29) is 17.9 Å². The molecule has 0 saturated carbocycles. The molecular weight excluding hydrogens is 265 g/mol. The molecule has 1 aromatic rings. The van der Waals surface area contributed by atoms with Crippen molar-refractivity contribution in [3.05, 3.63) is 35.6 Å². The summed E-state index contributed by atoms with van der Waals surface area (Å²) in [7, 11) is 2.13. The first-order chi connectivity index (χ1) is 10.0. The predicted molar refractivity (Wildman–Crippen MR) is 85.7 cm³/mol. The highest BCUT2D eigenvalue weighted by atomic mass is 19.1. The monoisotopic (exact) mass is 293 g/mol. The highest BCUT2D eigenvalue weighted by molar-refractivity contribution is 5.21. The van der Waals surface area contributed by atoms with Crippen molar-refractivity contribution in [2.45, 2.75) is 44.8 Å². The topological polar surface area (TPSA) is 32.5 Å². The second-order valence-corrected chi connectivity index (χ2v) is 6.22. The normalized spacial score (nSPS) is 22.7. The van der Waals surface area contributed by atoms with Crippen molar-refractivity contribution in [3.63, 3.8) is 0 Å². The van der Waals surface area contributed by atoms with Crippen LogP contribution in [0.4, 0.5) is 4.39 Å². The predicted octanol–water partition coefficient (Wildman–Crippen LogP) is 2.63. The third-order valence-electron chi connectivity index (χ3n) is 4.59. The lowest BCUT2D eigenvalue weighted by Gasteiger charge is -2.35. The molecule has 0 spiro atoms. The van der Waals surface area contributed by atoms with Gasteiger partial charge in [0.1, 0.15) is 5.82 Å². The van der Waals surface area contributed by atoms with Gasteiger partial charge in [0.25, 0.3) is 0 Å². The van der Waals surface area contributed by atoms with E-state index in [1.807, 2.05) is 19.1 Å². The largest absolute Gasteiger partial charge is 0.326 e. The quantitative estimate of drug-likeness (QED) is 0.875. The van der Waals surface area contributed by atoms with Gasteiger partial charge in [-0.1, -0.05) is 19.1 Å². The average molecular weight is 293 g/mol. The number of likely N-dealkylation sites (tertiary alicyclic amines) is 1. The molecule has 3 unspecified atom stereocenters. The van der Waals surface area contributed by atoms with E-state index >= 15 is 0 Å². The molecule has 0 amide bonds.